The van der Waals surface area contributed by atoms with Gasteiger partial charge < -0.3 is 15.4 Å². The molecule has 5 nitrogen and oxygen atoms in total. The van der Waals surface area contributed by atoms with E-state index in [0.29, 0.717) is 5.82 Å². The predicted molar refractivity (Wildman–Crippen MR) is 103 cm³/mol. The molecule has 1 heterocycles. The fraction of sp³-hybridized carbons (Fsp3) is 0.200. The summed E-state index contributed by atoms with van der Waals surface area (Å²) in [6.45, 7) is 3.00. The van der Waals surface area contributed by atoms with Gasteiger partial charge in [-0.2, -0.15) is 0 Å². The second-order valence-corrected chi connectivity index (χ2v) is 5.61. The topological polar surface area (TPSA) is 59.1 Å². The Balaban J connectivity index is 1.90. The van der Waals surface area contributed by atoms with E-state index in [2.05, 4.69) is 27.5 Å². The Kier molecular flexibility index (Phi) is 5.46. The summed E-state index contributed by atoms with van der Waals surface area (Å²) in [6, 6.07) is 19.7. The molecular weight excluding hydrogens is 312 g/mol. The molecule has 0 aliphatic rings. The van der Waals surface area contributed by atoms with Crippen LogP contribution in [-0.4, -0.2) is 23.6 Å². The van der Waals surface area contributed by atoms with Gasteiger partial charge in [0.15, 0.2) is 5.82 Å². The lowest BCUT2D eigenvalue weighted by atomic mass is 10.2. The zero-order valence-corrected chi connectivity index (χ0v) is 14.5. The van der Waals surface area contributed by atoms with E-state index in [9.17, 15) is 0 Å². The van der Waals surface area contributed by atoms with Crippen molar-refractivity contribution in [1.82, 2.24) is 9.97 Å². The molecule has 25 heavy (non-hydrogen) atoms. The van der Waals surface area contributed by atoms with Gasteiger partial charge in [-0.25, -0.2) is 9.97 Å². The van der Waals surface area contributed by atoms with E-state index in [4.69, 9.17) is 4.74 Å². The van der Waals surface area contributed by atoms with Crippen molar-refractivity contribution in [3.63, 3.8) is 0 Å². The molecule has 3 rings (SSSR count). The number of nitrogens with one attached hydrogen (secondary N) is 2. The molecule has 5 heteroatoms. The van der Waals surface area contributed by atoms with Crippen LogP contribution in [0.5, 0.6) is 5.75 Å². The van der Waals surface area contributed by atoms with Crippen LogP contribution in [0, 0.1) is 0 Å². The van der Waals surface area contributed by atoms with Crippen molar-refractivity contribution in [2.45, 2.75) is 13.3 Å². The normalized spacial score (nSPS) is 10.3. The number of rotatable bonds is 7. The Morgan fingerprint density at radius 3 is 2.32 bits per heavy atom. The molecule has 2 N–H and O–H groups in total. The van der Waals surface area contributed by atoms with Gasteiger partial charge in [-0.15, -0.1) is 0 Å². The summed E-state index contributed by atoms with van der Waals surface area (Å²) in [6.07, 6.45) is 1.03. The molecule has 0 bridgehead atoms. The summed E-state index contributed by atoms with van der Waals surface area (Å²) < 4.78 is 5.20. The molecule has 0 spiro atoms. The molecule has 0 amide bonds. The van der Waals surface area contributed by atoms with E-state index < -0.39 is 0 Å². The third kappa shape index (κ3) is 4.47. The Hall–Kier alpha value is -3.08. The molecule has 0 aliphatic carbocycles. The van der Waals surface area contributed by atoms with Crippen LogP contribution in [0.2, 0.25) is 0 Å². The second-order valence-electron chi connectivity index (χ2n) is 5.61. The Labute approximate surface area is 148 Å². The molecule has 2 aromatic carbocycles. The van der Waals surface area contributed by atoms with Crippen LogP contribution in [0.4, 0.5) is 17.3 Å². The van der Waals surface area contributed by atoms with E-state index in [1.165, 1.54) is 0 Å². The Morgan fingerprint density at radius 2 is 1.64 bits per heavy atom. The van der Waals surface area contributed by atoms with Crippen LogP contribution in [0.1, 0.15) is 13.3 Å². The summed E-state index contributed by atoms with van der Waals surface area (Å²) >= 11 is 0. The molecule has 128 valence electrons. The minimum absolute atomic E-state index is 0.692. The molecule has 1 aromatic heterocycles. The highest BCUT2D eigenvalue weighted by Gasteiger charge is 2.07. The summed E-state index contributed by atoms with van der Waals surface area (Å²) in [5.41, 5.74) is 1.93. The molecule has 0 saturated heterocycles. The van der Waals surface area contributed by atoms with Gasteiger partial charge in [0.2, 0.25) is 0 Å². The van der Waals surface area contributed by atoms with Crippen molar-refractivity contribution in [2.75, 3.05) is 24.3 Å². The van der Waals surface area contributed by atoms with Crippen LogP contribution >= 0.6 is 0 Å². The second kappa shape index (κ2) is 8.15. The molecule has 0 unspecified atom stereocenters. The van der Waals surface area contributed by atoms with Crippen molar-refractivity contribution in [3.05, 3.63) is 60.7 Å². The number of nitrogens with zero attached hydrogens (tertiary/aromatic N) is 2. The van der Waals surface area contributed by atoms with Gasteiger partial charge >= 0.3 is 0 Å². The fourth-order valence-electron chi connectivity index (χ4n) is 2.39. The number of anilines is 3. The number of benzene rings is 2. The molecule has 0 aliphatic heterocycles. The highest BCUT2D eigenvalue weighted by atomic mass is 16.5. The van der Waals surface area contributed by atoms with Gasteiger partial charge in [0, 0.05) is 23.9 Å². The first kappa shape index (κ1) is 16.8. The van der Waals surface area contributed by atoms with Crippen LogP contribution in [-0.2, 0) is 0 Å². The van der Waals surface area contributed by atoms with E-state index in [0.717, 1.165) is 41.6 Å². The number of hydrogen-bond acceptors (Lipinski definition) is 5. The summed E-state index contributed by atoms with van der Waals surface area (Å²) in [4.78, 5) is 9.28. The first-order valence-corrected chi connectivity index (χ1v) is 8.38. The van der Waals surface area contributed by atoms with Crippen LogP contribution < -0.4 is 15.4 Å². The molecular formula is C20H22N4O. The lowest BCUT2D eigenvalue weighted by molar-refractivity contribution is 0.415. The Morgan fingerprint density at radius 1 is 0.920 bits per heavy atom. The lowest BCUT2D eigenvalue weighted by Crippen LogP contribution is -2.05. The minimum atomic E-state index is 0.692. The number of methoxy groups -OCH3 is 1. The van der Waals surface area contributed by atoms with Gasteiger partial charge in [-0.3, -0.25) is 0 Å². The number of aromatic nitrogens is 2. The molecule has 0 radical (unpaired) electrons. The van der Waals surface area contributed by atoms with Crippen molar-refractivity contribution in [1.29, 1.82) is 0 Å². The van der Waals surface area contributed by atoms with Crippen LogP contribution in [0.25, 0.3) is 11.4 Å². The van der Waals surface area contributed by atoms with Gasteiger partial charge in [-0.1, -0.05) is 37.3 Å². The maximum Gasteiger partial charge on any atom is 0.163 e. The molecule has 0 fully saturated rings. The van der Waals surface area contributed by atoms with Gasteiger partial charge in [0.05, 0.1) is 7.11 Å². The van der Waals surface area contributed by atoms with E-state index in [1.54, 1.807) is 7.11 Å². The highest BCUT2D eigenvalue weighted by molar-refractivity contribution is 5.65. The predicted octanol–water partition coefficient (Wildman–Crippen LogP) is 4.72. The summed E-state index contributed by atoms with van der Waals surface area (Å²) in [5.74, 6) is 3.07. The van der Waals surface area contributed by atoms with Gasteiger partial charge in [0.25, 0.3) is 0 Å². The first-order valence-electron chi connectivity index (χ1n) is 8.38. The minimum Gasteiger partial charge on any atom is -0.497 e. The van der Waals surface area contributed by atoms with E-state index in [-0.39, 0.29) is 0 Å². The summed E-state index contributed by atoms with van der Waals surface area (Å²) in [5, 5.41) is 6.67. The van der Waals surface area contributed by atoms with Crippen molar-refractivity contribution < 1.29 is 4.74 Å². The summed E-state index contributed by atoms with van der Waals surface area (Å²) in [7, 11) is 1.66. The zero-order chi connectivity index (χ0) is 17.5. The fourth-order valence-corrected chi connectivity index (χ4v) is 2.39. The largest absolute Gasteiger partial charge is 0.497 e. The molecule has 3 aromatic rings. The van der Waals surface area contributed by atoms with Crippen molar-refractivity contribution >= 4 is 17.3 Å². The monoisotopic (exact) mass is 334 g/mol. The third-order valence-electron chi connectivity index (χ3n) is 3.68. The zero-order valence-electron chi connectivity index (χ0n) is 14.5. The van der Waals surface area contributed by atoms with Gasteiger partial charge in [0.1, 0.15) is 17.4 Å². The third-order valence-corrected chi connectivity index (χ3v) is 3.68. The molecule has 0 saturated carbocycles. The first-order chi connectivity index (χ1) is 12.3. The number of ether oxygens (including phenoxy) is 1. The van der Waals surface area contributed by atoms with Gasteiger partial charge in [-0.05, 0) is 30.7 Å². The van der Waals surface area contributed by atoms with Crippen LogP contribution in [0.15, 0.2) is 60.7 Å². The maximum absolute atomic E-state index is 5.20. The van der Waals surface area contributed by atoms with E-state index >= 15 is 0 Å². The lowest BCUT2D eigenvalue weighted by Gasteiger charge is -2.11. The van der Waals surface area contributed by atoms with E-state index in [1.807, 2.05) is 60.7 Å². The van der Waals surface area contributed by atoms with Crippen molar-refractivity contribution in [2.24, 2.45) is 0 Å². The quantitative estimate of drug-likeness (QED) is 0.655. The van der Waals surface area contributed by atoms with Crippen LogP contribution in [0.3, 0.4) is 0 Å². The smallest absolute Gasteiger partial charge is 0.163 e. The molecule has 0 atom stereocenters. The standard InChI is InChI=1S/C20H22N4O/c1-3-13-21-18-14-19(22-16-9-11-17(25-2)12-10-16)24-20(23-18)15-7-5-4-6-8-15/h4-12,14H,3,13H2,1-2H3,(H2,21,22,23,24). The SMILES string of the molecule is CCCNc1cc(Nc2ccc(OC)cc2)nc(-c2ccccc2)n1. The number of hydrogen-bond donors (Lipinski definition) is 2. The average molecular weight is 334 g/mol. The average Bonchev–Trinajstić information content (AvgIpc) is 2.67. The highest BCUT2D eigenvalue weighted by Crippen LogP contribution is 2.23. The van der Waals surface area contributed by atoms with Crippen molar-refractivity contribution in [3.8, 4) is 17.1 Å². The Bertz CT molecular complexity index is 804. The maximum atomic E-state index is 5.20.